The quantitative estimate of drug-likeness (QED) is 0.473. The largest absolute Gasteiger partial charge is 0.493 e. The average Bonchev–Trinajstić information content (AvgIpc) is 2.71. The zero-order valence-electron chi connectivity index (χ0n) is 16.8. The number of nitrogens with zero attached hydrogens (tertiary/aromatic N) is 1. The first kappa shape index (κ1) is 24.0. The van der Waals surface area contributed by atoms with Crippen LogP contribution in [0.15, 0.2) is 41.5 Å². The third kappa shape index (κ3) is 6.61. The van der Waals surface area contributed by atoms with E-state index in [-0.39, 0.29) is 23.4 Å². The second-order valence-corrected chi connectivity index (χ2v) is 6.68. The van der Waals surface area contributed by atoms with E-state index in [4.69, 9.17) is 21.1 Å². The summed E-state index contributed by atoms with van der Waals surface area (Å²) in [6.07, 6.45) is -4.90. The van der Waals surface area contributed by atoms with Crippen LogP contribution in [0.25, 0.3) is 0 Å². The fourth-order valence-corrected chi connectivity index (χ4v) is 2.71. The second-order valence-electron chi connectivity index (χ2n) is 6.28. The molecule has 0 unspecified atom stereocenters. The molecule has 0 saturated heterocycles. The third-order valence-corrected chi connectivity index (χ3v) is 4.30. The van der Waals surface area contributed by atoms with Gasteiger partial charge in [-0.25, -0.2) is 5.43 Å². The summed E-state index contributed by atoms with van der Waals surface area (Å²) in [4.78, 5) is 24.3. The molecule has 0 radical (unpaired) electrons. The predicted octanol–water partition coefficient (Wildman–Crippen LogP) is 4.51. The van der Waals surface area contributed by atoms with Gasteiger partial charge in [0, 0.05) is 17.0 Å². The molecule has 0 aliphatic carbocycles. The Kier molecular flexibility index (Phi) is 7.87. The van der Waals surface area contributed by atoms with E-state index in [1.165, 1.54) is 39.3 Å². The van der Waals surface area contributed by atoms with E-state index in [0.717, 1.165) is 12.1 Å². The molecule has 2 aromatic rings. The monoisotopic (exact) mass is 457 g/mol. The molecule has 2 N–H and O–H groups in total. The van der Waals surface area contributed by atoms with Crippen molar-refractivity contribution in [3.63, 3.8) is 0 Å². The van der Waals surface area contributed by atoms with Crippen LogP contribution in [0, 0.1) is 0 Å². The van der Waals surface area contributed by atoms with Gasteiger partial charge in [0.15, 0.2) is 11.5 Å². The number of benzene rings is 2. The summed E-state index contributed by atoms with van der Waals surface area (Å²) >= 11 is 5.55. The van der Waals surface area contributed by atoms with Crippen LogP contribution in [-0.2, 0) is 11.0 Å². The molecule has 0 atom stereocenters. The second kappa shape index (κ2) is 10.2. The van der Waals surface area contributed by atoms with Crippen molar-refractivity contribution in [1.29, 1.82) is 0 Å². The lowest BCUT2D eigenvalue weighted by Gasteiger charge is -2.12. The van der Waals surface area contributed by atoms with Crippen LogP contribution in [0.3, 0.4) is 0 Å². The zero-order chi connectivity index (χ0) is 23.2. The summed E-state index contributed by atoms with van der Waals surface area (Å²) in [5.41, 5.74) is 1.66. The summed E-state index contributed by atoms with van der Waals surface area (Å²) in [6, 6.07) is 7.56. The minimum Gasteiger partial charge on any atom is -0.493 e. The molecule has 166 valence electrons. The van der Waals surface area contributed by atoms with E-state index in [0.29, 0.717) is 11.5 Å². The van der Waals surface area contributed by atoms with Gasteiger partial charge in [0.2, 0.25) is 5.91 Å². The van der Waals surface area contributed by atoms with Gasteiger partial charge in [-0.2, -0.15) is 18.3 Å². The number of amides is 2. The van der Waals surface area contributed by atoms with Crippen LogP contribution in [0.4, 0.5) is 18.9 Å². The fourth-order valence-electron chi connectivity index (χ4n) is 2.49. The highest BCUT2D eigenvalue weighted by Crippen LogP contribution is 2.36. The Hall–Kier alpha value is -3.27. The van der Waals surface area contributed by atoms with Gasteiger partial charge in [-0.1, -0.05) is 11.6 Å². The predicted molar refractivity (Wildman–Crippen MR) is 110 cm³/mol. The first-order valence-electron chi connectivity index (χ1n) is 8.77. The molecule has 2 rings (SSSR count). The molecule has 0 aromatic heterocycles. The number of carbonyl (C=O) groups is 2. The Morgan fingerprint density at radius 2 is 1.74 bits per heavy atom. The molecule has 7 nitrogen and oxygen atoms in total. The molecule has 0 bridgehead atoms. The fraction of sp³-hybridized carbons (Fsp3) is 0.250. The van der Waals surface area contributed by atoms with Crippen molar-refractivity contribution < 1.29 is 32.2 Å². The van der Waals surface area contributed by atoms with E-state index in [2.05, 4.69) is 15.8 Å². The minimum absolute atomic E-state index is 0.0658. The molecule has 0 aliphatic rings. The Morgan fingerprint density at radius 1 is 1.06 bits per heavy atom. The molecule has 11 heteroatoms. The molecule has 0 saturated carbocycles. The number of rotatable bonds is 7. The van der Waals surface area contributed by atoms with Gasteiger partial charge in [0.05, 0.1) is 31.2 Å². The standard InChI is InChI=1S/C20H19ClF3N3O4/c1-11(26-27-19(29)12-4-7-16(30-2)17(9-12)31-3)8-18(28)25-13-5-6-15(21)14(10-13)20(22,23)24/h4-7,9-10H,8H2,1-3H3,(H,25,28)(H,27,29)/b26-11-. The summed E-state index contributed by atoms with van der Waals surface area (Å²) in [5, 5.41) is 5.70. The number of ether oxygens (including phenoxy) is 2. The number of halogens is 4. The summed E-state index contributed by atoms with van der Waals surface area (Å²) < 4.78 is 49.0. The van der Waals surface area contributed by atoms with E-state index >= 15 is 0 Å². The lowest BCUT2D eigenvalue weighted by atomic mass is 10.2. The molecule has 0 spiro atoms. The van der Waals surface area contributed by atoms with Gasteiger partial charge < -0.3 is 14.8 Å². The maximum absolute atomic E-state index is 12.9. The number of hydrogen-bond donors (Lipinski definition) is 2. The normalized spacial score (nSPS) is 11.6. The number of alkyl halides is 3. The van der Waals surface area contributed by atoms with E-state index in [1.54, 1.807) is 6.07 Å². The highest BCUT2D eigenvalue weighted by molar-refractivity contribution is 6.31. The number of anilines is 1. The van der Waals surface area contributed by atoms with Crippen molar-refractivity contribution in [1.82, 2.24) is 5.43 Å². The van der Waals surface area contributed by atoms with E-state index in [1.807, 2.05) is 0 Å². The Balaban J connectivity index is 1.99. The van der Waals surface area contributed by atoms with Crippen LogP contribution in [0.2, 0.25) is 5.02 Å². The molecule has 0 heterocycles. The van der Waals surface area contributed by atoms with E-state index in [9.17, 15) is 22.8 Å². The molecular weight excluding hydrogens is 439 g/mol. The van der Waals surface area contributed by atoms with Crippen LogP contribution < -0.4 is 20.2 Å². The molecular formula is C20H19ClF3N3O4. The summed E-state index contributed by atoms with van der Waals surface area (Å²) in [5.74, 6) is -0.354. The molecule has 0 aliphatic heterocycles. The third-order valence-electron chi connectivity index (χ3n) is 3.97. The Bertz CT molecular complexity index is 1010. The first-order chi connectivity index (χ1) is 14.5. The lowest BCUT2D eigenvalue weighted by Crippen LogP contribution is -2.21. The van der Waals surface area contributed by atoms with Gasteiger partial charge in [-0.15, -0.1) is 0 Å². The Morgan fingerprint density at radius 3 is 2.35 bits per heavy atom. The number of hydrazone groups is 1. The van der Waals surface area contributed by atoms with Crippen LogP contribution in [0.1, 0.15) is 29.3 Å². The zero-order valence-corrected chi connectivity index (χ0v) is 17.5. The van der Waals surface area contributed by atoms with Crippen LogP contribution in [0.5, 0.6) is 11.5 Å². The summed E-state index contributed by atoms with van der Waals surface area (Å²) in [6.45, 7) is 1.48. The van der Waals surface area contributed by atoms with Crippen molar-refractivity contribution in [2.45, 2.75) is 19.5 Å². The number of nitrogens with one attached hydrogen (secondary N) is 2. The first-order valence-corrected chi connectivity index (χ1v) is 9.15. The lowest BCUT2D eigenvalue weighted by molar-refractivity contribution is -0.137. The van der Waals surface area contributed by atoms with Crippen LogP contribution in [-0.4, -0.2) is 31.7 Å². The topological polar surface area (TPSA) is 89.0 Å². The van der Waals surface area contributed by atoms with Crippen molar-refractivity contribution in [2.75, 3.05) is 19.5 Å². The van der Waals surface area contributed by atoms with Crippen LogP contribution >= 0.6 is 11.6 Å². The smallest absolute Gasteiger partial charge is 0.417 e. The maximum Gasteiger partial charge on any atom is 0.417 e. The van der Waals surface area contributed by atoms with Gasteiger partial charge >= 0.3 is 6.18 Å². The molecule has 31 heavy (non-hydrogen) atoms. The van der Waals surface area contributed by atoms with Crippen molar-refractivity contribution in [3.05, 3.63) is 52.5 Å². The van der Waals surface area contributed by atoms with Gasteiger partial charge in [0.1, 0.15) is 0 Å². The Labute approximate surface area is 181 Å². The van der Waals surface area contributed by atoms with E-state index < -0.39 is 28.6 Å². The number of hydrogen-bond acceptors (Lipinski definition) is 5. The summed E-state index contributed by atoms with van der Waals surface area (Å²) in [7, 11) is 2.89. The van der Waals surface area contributed by atoms with Crippen molar-refractivity contribution in [3.8, 4) is 11.5 Å². The SMILES string of the molecule is COc1ccc(C(=O)N/N=C(/C)CC(=O)Nc2ccc(Cl)c(C(F)(F)F)c2)cc1OC. The van der Waals surface area contributed by atoms with Crippen molar-refractivity contribution in [2.24, 2.45) is 5.10 Å². The highest BCUT2D eigenvalue weighted by atomic mass is 35.5. The van der Waals surface area contributed by atoms with Gasteiger partial charge in [-0.05, 0) is 43.3 Å². The van der Waals surface area contributed by atoms with Gasteiger partial charge in [0.25, 0.3) is 5.91 Å². The maximum atomic E-state index is 12.9. The van der Waals surface area contributed by atoms with Crippen molar-refractivity contribution >= 4 is 34.8 Å². The average molecular weight is 458 g/mol. The van der Waals surface area contributed by atoms with Gasteiger partial charge in [-0.3, -0.25) is 9.59 Å². The highest BCUT2D eigenvalue weighted by Gasteiger charge is 2.33. The number of methoxy groups -OCH3 is 2. The molecule has 2 aromatic carbocycles. The molecule has 2 amide bonds. The minimum atomic E-state index is -4.65. The number of carbonyl (C=O) groups excluding carboxylic acids is 2. The molecule has 0 fully saturated rings.